The van der Waals surface area contributed by atoms with Crippen LogP contribution < -0.4 is 0 Å². The van der Waals surface area contributed by atoms with Crippen LogP contribution in [0.25, 0.3) is 0 Å². The zero-order valence-electron chi connectivity index (χ0n) is 20.5. The standard InChI is InChI=1S/C32H42/c1-4-23-11-6-8-14-30(23)25-16-22(3)32-27(17-24-12-9-15-31(24)32)19-26(20-28(32)18-25)29-13-7-5-10-21(29)2/h5-8,10-11,13-14,22,24-28,31H,4,9,12,15-20H2,1-3H3/t22-,24?,25?,26?,27+,28-,31?,32-/m0/s1. The predicted molar refractivity (Wildman–Crippen MR) is 135 cm³/mol. The van der Waals surface area contributed by atoms with Crippen LogP contribution in [0.15, 0.2) is 48.5 Å². The monoisotopic (exact) mass is 426 g/mol. The Bertz CT molecular complexity index is 972. The summed E-state index contributed by atoms with van der Waals surface area (Å²) in [5, 5.41) is 0. The van der Waals surface area contributed by atoms with Gasteiger partial charge in [0.2, 0.25) is 0 Å². The summed E-state index contributed by atoms with van der Waals surface area (Å²) in [4.78, 5) is 0. The minimum Gasteiger partial charge on any atom is -0.0620 e. The SMILES string of the molecule is CCc1ccccc1C1C[C@H]2CC(c3ccccc3C)C[C@H]3CC4CCCC4[C@]23[C@@H](C)C1. The molecule has 0 heteroatoms. The fourth-order valence-corrected chi connectivity index (χ4v) is 10.1. The van der Waals surface area contributed by atoms with Gasteiger partial charge in [-0.25, -0.2) is 0 Å². The minimum absolute atomic E-state index is 0.651. The average molecular weight is 427 g/mol. The van der Waals surface area contributed by atoms with E-state index < -0.39 is 0 Å². The first-order valence-corrected chi connectivity index (χ1v) is 13.8. The van der Waals surface area contributed by atoms with Crippen molar-refractivity contribution in [2.45, 2.75) is 90.4 Å². The van der Waals surface area contributed by atoms with Crippen LogP contribution in [0.4, 0.5) is 0 Å². The van der Waals surface area contributed by atoms with Crippen LogP contribution in [0, 0.1) is 41.9 Å². The van der Waals surface area contributed by atoms with Crippen LogP contribution in [0.5, 0.6) is 0 Å². The van der Waals surface area contributed by atoms with Crippen molar-refractivity contribution in [3.63, 3.8) is 0 Å². The molecule has 0 aromatic heterocycles. The normalized spacial score (nSPS) is 40.5. The summed E-state index contributed by atoms with van der Waals surface area (Å²) < 4.78 is 0. The predicted octanol–water partition coefficient (Wildman–Crippen LogP) is 8.69. The van der Waals surface area contributed by atoms with Gasteiger partial charge < -0.3 is 0 Å². The van der Waals surface area contributed by atoms with E-state index in [9.17, 15) is 0 Å². The van der Waals surface area contributed by atoms with Gasteiger partial charge in [-0.1, -0.05) is 75.2 Å². The van der Waals surface area contributed by atoms with E-state index in [1.165, 1.54) is 56.9 Å². The second-order valence-corrected chi connectivity index (χ2v) is 12.1. The molecular formula is C32H42. The molecule has 0 N–H and O–H groups in total. The molecule has 4 aliphatic rings. The zero-order valence-corrected chi connectivity index (χ0v) is 20.5. The van der Waals surface area contributed by atoms with E-state index in [1.54, 1.807) is 23.1 Å². The molecule has 0 heterocycles. The Hall–Kier alpha value is -1.56. The van der Waals surface area contributed by atoms with E-state index in [2.05, 4.69) is 69.3 Å². The molecule has 0 saturated heterocycles. The molecule has 4 aliphatic carbocycles. The highest BCUT2D eigenvalue weighted by Crippen LogP contribution is 2.73. The van der Waals surface area contributed by atoms with Crippen molar-refractivity contribution in [1.82, 2.24) is 0 Å². The lowest BCUT2D eigenvalue weighted by molar-refractivity contribution is -0.0888. The zero-order chi connectivity index (χ0) is 21.9. The second kappa shape index (κ2) is 8.03. The summed E-state index contributed by atoms with van der Waals surface area (Å²) in [5.74, 6) is 6.40. The number of hydrogen-bond acceptors (Lipinski definition) is 0. The van der Waals surface area contributed by atoms with E-state index in [4.69, 9.17) is 0 Å². The minimum atomic E-state index is 0.651. The summed E-state index contributed by atoms with van der Waals surface area (Å²) >= 11 is 0. The maximum Gasteiger partial charge on any atom is -0.0154 e. The van der Waals surface area contributed by atoms with Crippen molar-refractivity contribution in [2.24, 2.45) is 35.0 Å². The fourth-order valence-electron chi connectivity index (χ4n) is 10.1. The first kappa shape index (κ1) is 21.0. The van der Waals surface area contributed by atoms with Gasteiger partial charge in [0.25, 0.3) is 0 Å². The maximum absolute atomic E-state index is 2.69. The van der Waals surface area contributed by atoms with E-state index >= 15 is 0 Å². The summed E-state index contributed by atoms with van der Waals surface area (Å²) in [6, 6.07) is 18.7. The van der Waals surface area contributed by atoms with Crippen molar-refractivity contribution < 1.29 is 0 Å². The molecular weight excluding hydrogens is 384 g/mol. The molecule has 4 unspecified atom stereocenters. The lowest BCUT2D eigenvalue weighted by atomic mass is 9.45. The van der Waals surface area contributed by atoms with Crippen LogP contribution in [-0.2, 0) is 6.42 Å². The van der Waals surface area contributed by atoms with Crippen molar-refractivity contribution in [1.29, 1.82) is 0 Å². The van der Waals surface area contributed by atoms with Gasteiger partial charge in [0.15, 0.2) is 0 Å². The number of benzene rings is 2. The maximum atomic E-state index is 2.69. The third-order valence-corrected chi connectivity index (χ3v) is 11.0. The Morgan fingerprint density at radius 3 is 2.19 bits per heavy atom. The molecule has 32 heavy (non-hydrogen) atoms. The van der Waals surface area contributed by atoms with Crippen LogP contribution in [-0.4, -0.2) is 0 Å². The van der Waals surface area contributed by atoms with E-state index in [0.717, 1.165) is 41.4 Å². The molecule has 0 radical (unpaired) electrons. The molecule has 0 bridgehead atoms. The lowest BCUT2D eigenvalue weighted by Gasteiger charge is -2.60. The molecule has 6 rings (SSSR count). The van der Waals surface area contributed by atoms with Crippen LogP contribution in [0.2, 0.25) is 0 Å². The Morgan fingerprint density at radius 1 is 0.781 bits per heavy atom. The third kappa shape index (κ3) is 3.00. The number of aryl methyl sites for hydroxylation is 2. The Morgan fingerprint density at radius 2 is 1.44 bits per heavy atom. The molecule has 2 aromatic rings. The van der Waals surface area contributed by atoms with Crippen molar-refractivity contribution >= 4 is 0 Å². The molecule has 4 fully saturated rings. The highest BCUT2D eigenvalue weighted by Gasteiger charge is 2.65. The van der Waals surface area contributed by atoms with Crippen molar-refractivity contribution in [3.05, 3.63) is 70.8 Å². The van der Waals surface area contributed by atoms with Gasteiger partial charge in [0.05, 0.1) is 0 Å². The quantitative estimate of drug-likeness (QED) is 0.460. The number of fused-ring (bicyclic) bond motifs is 1. The van der Waals surface area contributed by atoms with Crippen LogP contribution >= 0.6 is 0 Å². The fraction of sp³-hybridized carbons (Fsp3) is 0.625. The van der Waals surface area contributed by atoms with Gasteiger partial charge in [-0.15, -0.1) is 0 Å². The Balaban J connectivity index is 1.40. The van der Waals surface area contributed by atoms with E-state index in [1.807, 2.05) is 0 Å². The summed E-state index contributed by atoms with van der Waals surface area (Å²) in [6.07, 6.45) is 13.1. The highest BCUT2D eigenvalue weighted by molar-refractivity contribution is 5.34. The molecule has 0 amide bonds. The van der Waals surface area contributed by atoms with Gasteiger partial charge in [-0.2, -0.15) is 0 Å². The lowest BCUT2D eigenvalue weighted by Crippen LogP contribution is -2.52. The molecule has 0 nitrogen and oxygen atoms in total. The van der Waals surface area contributed by atoms with Gasteiger partial charge in [-0.05, 0) is 121 Å². The Labute approximate surface area is 196 Å². The number of hydrogen-bond donors (Lipinski definition) is 0. The third-order valence-electron chi connectivity index (χ3n) is 11.0. The van der Waals surface area contributed by atoms with Crippen LogP contribution in [0.3, 0.4) is 0 Å². The molecule has 8 atom stereocenters. The summed E-state index contributed by atoms with van der Waals surface area (Å²) in [5.41, 5.74) is 7.14. The van der Waals surface area contributed by atoms with Gasteiger partial charge in [-0.3, -0.25) is 0 Å². The van der Waals surface area contributed by atoms with Crippen molar-refractivity contribution in [3.8, 4) is 0 Å². The van der Waals surface area contributed by atoms with E-state index in [0.29, 0.717) is 5.41 Å². The highest BCUT2D eigenvalue weighted by atomic mass is 14.7. The first-order chi connectivity index (χ1) is 15.6. The number of rotatable bonds is 3. The topological polar surface area (TPSA) is 0 Å². The first-order valence-electron chi connectivity index (χ1n) is 13.8. The molecule has 4 saturated carbocycles. The largest absolute Gasteiger partial charge is 0.0620 e. The summed E-state index contributed by atoms with van der Waals surface area (Å²) in [7, 11) is 0. The smallest absolute Gasteiger partial charge is 0.0154 e. The van der Waals surface area contributed by atoms with Crippen molar-refractivity contribution in [2.75, 3.05) is 0 Å². The second-order valence-electron chi connectivity index (χ2n) is 12.1. The molecule has 0 aliphatic heterocycles. The van der Waals surface area contributed by atoms with Gasteiger partial charge in [0.1, 0.15) is 0 Å². The van der Waals surface area contributed by atoms with Crippen LogP contribution in [0.1, 0.15) is 99.3 Å². The van der Waals surface area contributed by atoms with Gasteiger partial charge >= 0.3 is 0 Å². The average Bonchev–Trinajstić information content (AvgIpc) is 3.39. The molecule has 1 spiro atoms. The Kier molecular flexibility index (Phi) is 5.27. The summed E-state index contributed by atoms with van der Waals surface area (Å²) in [6.45, 7) is 7.39. The molecule has 170 valence electrons. The van der Waals surface area contributed by atoms with Gasteiger partial charge in [0, 0.05) is 0 Å². The van der Waals surface area contributed by atoms with E-state index in [-0.39, 0.29) is 0 Å². The molecule has 2 aromatic carbocycles.